The highest BCUT2D eigenvalue weighted by atomic mass is 79.9. The molecule has 18 heavy (non-hydrogen) atoms. The molecule has 1 aromatic heterocycles. The van der Waals surface area contributed by atoms with Gasteiger partial charge in [0.2, 0.25) is 5.91 Å². The van der Waals surface area contributed by atoms with Crippen LogP contribution in [0.4, 0.5) is 0 Å². The van der Waals surface area contributed by atoms with E-state index >= 15 is 0 Å². The number of carbonyl (C=O) groups is 1. The van der Waals surface area contributed by atoms with Crippen molar-refractivity contribution >= 4 is 37.8 Å². The summed E-state index contributed by atoms with van der Waals surface area (Å²) in [7, 11) is 0. The molecule has 0 spiro atoms. The fourth-order valence-electron chi connectivity index (χ4n) is 2.37. The first-order valence-electron chi connectivity index (χ1n) is 5.79. The van der Waals surface area contributed by atoms with Gasteiger partial charge < -0.3 is 10.6 Å². The van der Waals surface area contributed by atoms with E-state index in [1.807, 2.05) is 24.8 Å². The second kappa shape index (κ2) is 5.27. The van der Waals surface area contributed by atoms with Crippen LogP contribution in [0.15, 0.2) is 21.2 Å². The first kappa shape index (κ1) is 14.0. The average Bonchev–Trinajstić information content (AvgIpc) is 2.53. The Labute approximate surface area is 123 Å². The van der Waals surface area contributed by atoms with E-state index in [1.165, 1.54) is 0 Å². The molecule has 1 amide bonds. The van der Waals surface area contributed by atoms with E-state index in [2.05, 4.69) is 36.8 Å². The lowest BCUT2D eigenvalue weighted by molar-refractivity contribution is -0.130. The molecule has 2 rings (SSSR count). The van der Waals surface area contributed by atoms with Crippen molar-refractivity contribution in [2.75, 3.05) is 0 Å². The Balaban J connectivity index is 2.43. The third kappa shape index (κ3) is 2.46. The summed E-state index contributed by atoms with van der Waals surface area (Å²) in [6.45, 7) is 3.99. The van der Waals surface area contributed by atoms with Gasteiger partial charge in [-0.05, 0) is 51.8 Å². The standard InChI is InChI=1S/C12H15Br2N3O/c1-6(2)17-10(18)4-9(15)12(17)11-8(14)3-7(13)5-16-11/h3,5-6,9,12H,4,15H2,1-2H3. The molecule has 4 nitrogen and oxygen atoms in total. The van der Waals surface area contributed by atoms with Gasteiger partial charge in [0.1, 0.15) is 0 Å². The van der Waals surface area contributed by atoms with Crippen molar-refractivity contribution in [3.8, 4) is 0 Å². The lowest BCUT2D eigenvalue weighted by Gasteiger charge is -2.30. The van der Waals surface area contributed by atoms with E-state index in [-0.39, 0.29) is 24.0 Å². The van der Waals surface area contributed by atoms with Crippen LogP contribution in [0.5, 0.6) is 0 Å². The highest BCUT2D eigenvalue weighted by molar-refractivity contribution is 9.11. The highest BCUT2D eigenvalue weighted by Gasteiger charge is 2.41. The van der Waals surface area contributed by atoms with E-state index in [0.717, 1.165) is 14.6 Å². The summed E-state index contributed by atoms with van der Waals surface area (Å²) in [5.74, 6) is 0.0964. The van der Waals surface area contributed by atoms with Crippen LogP contribution >= 0.6 is 31.9 Å². The summed E-state index contributed by atoms with van der Waals surface area (Å²) in [6, 6.07) is 1.69. The van der Waals surface area contributed by atoms with E-state index in [0.29, 0.717) is 6.42 Å². The molecule has 6 heteroatoms. The molecule has 1 fully saturated rings. The predicted molar refractivity (Wildman–Crippen MR) is 77.0 cm³/mol. The minimum Gasteiger partial charge on any atom is -0.330 e. The van der Waals surface area contributed by atoms with Crippen molar-refractivity contribution in [2.45, 2.75) is 38.4 Å². The first-order chi connectivity index (χ1) is 8.41. The Morgan fingerprint density at radius 2 is 2.17 bits per heavy atom. The minimum absolute atomic E-state index is 0.0964. The van der Waals surface area contributed by atoms with Crippen LogP contribution in [0.2, 0.25) is 0 Å². The van der Waals surface area contributed by atoms with Gasteiger partial charge in [-0.2, -0.15) is 0 Å². The number of hydrogen-bond acceptors (Lipinski definition) is 3. The van der Waals surface area contributed by atoms with Crippen molar-refractivity contribution in [3.63, 3.8) is 0 Å². The maximum absolute atomic E-state index is 12.0. The van der Waals surface area contributed by atoms with E-state index in [4.69, 9.17) is 5.73 Å². The summed E-state index contributed by atoms with van der Waals surface area (Å²) in [4.78, 5) is 18.2. The van der Waals surface area contributed by atoms with Crippen LogP contribution in [0.3, 0.4) is 0 Å². The number of hydrogen-bond donors (Lipinski definition) is 1. The number of likely N-dealkylation sites (tertiary alicyclic amines) is 1. The number of nitrogens with zero attached hydrogens (tertiary/aromatic N) is 2. The summed E-state index contributed by atoms with van der Waals surface area (Å²) in [6.07, 6.45) is 2.11. The molecular weight excluding hydrogens is 362 g/mol. The number of nitrogens with two attached hydrogens (primary N) is 1. The van der Waals surface area contributed by atoms with Crippen LogP contribution in [-0.2, 0) is 4.79 Å². The smallest absolute Gasteiger partial charge is 0.225 e. The number of aromatic nitrogens is 1. The molecular formula is C12H15Br2N3O. The van der Waals surface area contributed by atoms with Crippen LogP contribution < -0.4 is 5.73 Å². The second-order valence-corrected chi connectivity index (χ2v) is 6.50. The van der Waals surface area contributed by atoms with Gasteiger partial charge in [0.05, 0.1) is 11.7 Å². The molecule has 1 aromatic rings. The number of pyridine rings is 1. The molecule has 1 saturated heterocycles. The Morgan fingerprint density at radius 1 is 1.50 bits per heavy atom. The number of halogens is 2. The molecule has 1 aliphatic rings. The average molecular weight is 377 g/mol. The van der Waals surface area contributed by atoms with Crippen LogP contribution in [0.25, 0.3) is 0 Å². The maximum atomic E-state index is 12.0. The van der Waals surface area contributed by atoms with Crippen LogP contribution in [0.1, 0.15) is 32.0 Å². The summed E-state index contributed by atoms with van der Waals surface area (Å²) in [5, 5.41) is 0. The molecule has 98 valence electrons. The van der Waals surface area contributed by atoms with Crippen molar-refractivity contribution in [3.05, 3.63) is 26.9 Å². The van der Waals surface area contributed by atoms with E-state index in [9.17, 15) is 4.79 Å². The normalized spacial score (nSPS) is 24.1. The van der Waals surface area contributed by atoms with Gasteiger partial charge in [-0.15, -0.1) is 0 Å². The van der Waals surface area contributed by atoms with Gasteiger partial charge in [0.25, 0.3) is 0 Å². The fourth-order valence-corrected chi connectivity index (χ4v) is 3.59. The molecule has 0 bridgehead atoms. The Bertz CT molecular complexity index is 478. The SMILES string of the molecule is CC(C)N1C(=O)CC(N)C1c1ncc(Br)cc1Br. The fraction of sp³-hybridized carbons (Fsp3) is 0.500. The number of rotatable bonds is 2. The molecule has 2 N–H and O–H groups in total. The molecule has 0 aliphatic carbocycles. The van der Waals surface area contributed by atoms with Gasteiger partial charge in [0.15, 0.2) is 0 Å². The van der Waals surface area contributed by atoms with Gasteiger partial charge in [-0.25, -0.2) is 0 Å². The van der Waals surface area contributed by atoms with Crippen LogP contribution in [-0.4, -0.2) is 27.9 Å². The van der Waals surface area contributed by atoms with Crippen molar-refractivity contribution in [1.82, 2.24) is 9.88 Å². The second-order valence-electron chi connectivity index (χ2n) is 4.73. The lowest BCUT2D eigenvalue weighted by atomic mass is 10.1. The highest BCUT2D eigenvalue weighted by Crippen LogP contribution is 2.36. The zero-order valence-corrected chi connectivity index (χ0v) is 13.4. The molecule has 0 aromatic carbocycles. The third-order valence-electron chi connectivity index (χ3n) is 3.08. The van der Waals surface area contributed by atoms with E-state index < -0.39 is 0 Å². The Kier molecular flexibility index (Phi) is 4.08. The van der Waals surface area contributed by atoms with Crippen molar-refractivity contribution < 1.29 is 4.79 Å². The lowest BCUT2D eigenvalue weighted by Crippen LogP contribution is -2.38. The summed E-state index contributed by atoms with van der Waals surface area (Å²) < 4.78 is 1.77. The molecule has 2 heterocycles. The Hall–Kier alpha value is -0.460. The van der Waals surface area contributed by atoms with Gasteiger partial charge in [0, 0.05) is 33.6 Å². The van der Waals surface area contributed by atoms with Crippen molar-refractivity contribution in [2.24, 2.45) is 5.73 Å². The predicted octanol–water partition coefficient (Wildman–Crippen LogP) is 2.62. The largest absolute Gasteiger partial charge is 0.330 e. The molecule has 1 aliphatic heterocycles. The molecule has 2 atom stereocenters. The van der Waals surface area contributed by atoms with Crippen LogP contribution in [0, 0.1) is 0 Å². The van der Waals surface area contributed by atoms with Gasteiger partial charge in [-0.1, -0.05) is 0 Å². The zero-order valence-electron chi connectivity index (χ0n) is 10.2. The topological polar surface area (TPSA) is 59.2 Å². The number of amides is 1. The Morgan fingerprint density at radius 3 is 2.72 bits per heavy atom. The number of carbonyl (C=O) groups excluding carboxylic acids is 1. The summed E-state index contributed by atoms with van der Waals surface area (Å²) in [5.41, 5.74) is 6.93. The quantitative estimate of drug-likeness (QED) is 0.862. The van der Waals surface area contributed by atoms with Gasteiger partial charge >= 0.3 is 0 Å². The zero-order chi connectivity index (χ0) is 13.4. The third-order valence-corrected chi connectivity index (χ3v) is 4.15. The summed E-state index contributed by atoms with van der Waals surface area (Å²) >= 11 is 6.87. The monoisotopic (exact) mass is 375 g/mol. The first-order valence-corrected chi connectivity index (χ1v) is 7.38. The van der Waals surface area contributed by atoms with E-state index in [1.54, 1.807) is 6.20 Å². The molecule has 0 radical (unpaired) electrons. The molecule has 2 unspecified atom stereocenters. The minimum atomic E-state index is -0.204. The maximum Gasteiger partial charge on any atom is 0.225 e. The van der Waals surface area contributed by atoms with Crippen molar-refractivity contribution in [1.29, 1.82) is 0 Å². The van der Waals surface area contributed by atoms with Gasteiger partial charge in [-0.3, -0.25) is 9.78 Å². The molecule has 0 saturated carbocycles.